The van der Waals surface area contributed by atoms with Gasteiger partial charge in [0.25, 0.3) is 11.5 Å². The molecule has 4 rings (SSSR count). The van der Waals surface area contributed by atoms with E-state index in [0.717, 1.165) is 5.56 Å². The van der Waals surface area contributed by atoms with Gasteiger partial charge in [0.2, 0.25) is 0 Å². The van der Waals surface area contributed by atoms with Gasteiger partial charge in [-0.3, -0.25) is 14.2 Å². The Morgan fingerprint density at radius 1 is 1.13 bits per heavy atom. The van der Waals surface area contributed by atoms with Crippen molar-refractivity contribution in [3.8, 4) is 17.0 Å². The zero-order valence-electron chi connectivity index (χ0n) is 16.8. The van der Waals surface area contributed by atoms with Crippen molar-refractivity contribution in [3.05, 3.63) is 51.2 Å². The fourth-order valence-corrected chi connectivity index (χ4v) is 3.49. The van der Waals surface area contributed by atoms with Gasteiger partial charge in [-0.05, 0) is 42.3 Å². The van der Waals surface area contributed by atoms with E-state index in [1.807, 2.05) is 19.1 Å². The molecule has 2 aromatic heterocycles. The number of carbonyl (C=O) groups excluding carboxylic acids is 1. The Labute approximate surface area is 172 Å². The van der Waals surface area contributed by atoms with Crippen LogP contribution in [0, 0.1) is 0 Å². The summed E-state index contributed by atoms with van der Waals surface area (Å²) in [5.74, 6) is 0.514. The molecule has 0 bridgehead atoms. The number of nitrogens with one attached hydrogen (secondary N) is 2. The number of ether oxygens (including phenoxy) is 2. The second-order valence-corrected chi connectivity index (χ2v) is 7.16. The van der Waals surface area contributed by atoms with Gasteiger partial charge >= 0.3 is 5.69 Å². The molecule has 0 radical (unpaired) electrons. The number of aromatic amines is 2. The molecule has 0 spiro atoms. The van der Waals surface area contributed by atoms with Gasteiger partial charge in [0, 0.05) is 25.3 Å². The molecule has 9 nitrogen and oxygen atoms in total. The number of nitrogens with zero attached hydrogens (tertiary/aromatic N) is 2. The monoisotopic (exact) mass is 412 g/mol. The van der Waals surface area contributed by atoms with Crippen molar-refractivity contribution in [3.63, 3.8) is 0 Å². The average molecular weight is 412 g/mol. The molecule has 1 aromatic carbocycles. The van der Waals surface area contributed by atoms with Crippen LogP contribution in [0.1, 0.15) is 13.3 Å². The second-order valence-electron chi connectivity index (χ2n) is 7.16. The maximum Gasteiger partial charge on any atom is 0.328 e. The van der Waals surface area contributed by atoms with E-state index in [1.54, 1.807) is 23.1 Å². The molecule has 0 unspecified atom stereocenters. The Balaban J connectivity index is 1.49. The van der Waals surface area contributed by atoms with Gasteiger partial charge in [0.15, 0.2) is 6.61 Å². The van der Waals surface area contributed by atoms with Gasteiger partial charge < -0.3 is 24.3 Å². The van der Waals surface area contributed by atoms with E-state index < -0.39 is 5.69 Å². The normalized spacial score (nSPS) is 14.2. The highest BCUT2D eigenvalue weighted by molar-refractivity contribution is 5.82. The molecular formula is C21H24N4O5. The third-order valence-electron chi connectivity index (χ3n) is 5.10. The van der Waals surface area contributed by atoms with Crippen molar-refractivity contribution in [2.24, 2.45) is 0 Å². The molecular weight excluding hydrogens is 388 g/mol. The first kappa shape index (κ1) is 20.0. The summed E-state index contributed by atoms with van der Waals surface area (Å²) in [6, 6.07) is 8.95. The molecule has 3 aromatic rings. The van der Waals surface area contributed by atoms with E-state index in [9.17, 15) is 14.4 Å². The number of carbonyl (C=O) groups is 1. The number of rotatable bonds is 6. The maximum atomic E-state index is 12.6. The van der Waals surface area contributed by atoms with Crippen molar-refractivity contribution < 1.29 is 14.3 Å². The quantitative estimate of drug-likeness (QED) is 0.635. The fraction of sp³-hybridized carbons (Fsp3) is 0.381. The lowest BCUT2D eigenvalue weighted by molar-refractivity contribution is -0.137. The Hall–Kier alpha value is -3.33. The summed E-state index contributed by atoms with van der Waals surface area (Å²) in [6.07, 6.45) is 0.692. The number of fused-ring (bicyclic) bond motifs is 1. The minimum absolute atomic E-state index is 0.0239. The van der Waals surface area contributed by atoms with Crippen molar-refractivity contribution in [1.82, 2.24) is 19.4 Å². The van der Waals surface area contributed by atoms with E-state index in [0.29, 0.717) is 61.7 Å². The topological polar surface area (TPSA) is 109 Å². The summed E-state index contributed by atoms with van der Waals surface area (Å²) >= 11 is 0. The number of H-pyrrole nitrogens is 2. The standard InChI is InChI=1S/C21H24N4O5/c1-2-7-25-20(27)19-17(23-21(25)28)12-16(22-19)14-3-5-15(6-4-14)30-13-18(26)24-8-10-29-11-9-24/h3-6,12,22H,2,7-11,13H2,1H3,(H,23,28). The van der Waals surface area contributed by atoms with Crippen LogP contribution in [0.4, 0.5) is 0 Å². The molecule has 0 aliphatic carbocycles. The predicted molar refractivity (Wildman–Crippen MR) is 112 cm³/mol. The Morgan fingerprint density at radius 3 is 2.57 bits per heavy atom. The molecule has 2 N–H and O–H groups in total. The van der Waals surface area contributed by atoms with Crippen LogP contribution >= 0.6 is 0 Å². The maximum absolute atomic E-state index is 12.6. The van der Waals surface area contributed by atoms with Gasteiger partial charge in [0.1, 0.15) is 11.3 Å². The summed E-state index contributed by atoms with van der Waals surface area (Å²) < 4.78 is 12.0. The Kier molecular flexibility index (Phi) is 5.71. The van der Waals surface area contributed by atoms with Crippen molar-refractivity contribution in [2.75, 3.05) is 32.9 Å². The number of aromatic nitrogens is 3. The van der Waals surface area contributed by atoms with E-state index in [2.05, 4.69) is 9.97 Å². The molecule has 0 saturated carbocycles. The van der Waals surface area contributed by atoms with Crippen LogP contribution in [0.15, 0.2) is 39.9 Å². The number of benzene rings is 1. The number of hydrogen-bond acceptors (Lipinski definition) is 5. The fourth-order valence-electron chi connectivity index (χ4n) is 3.49. The Bertz CT molecular complexity index is 1150. The largest absolute Gasteiger partial charge is 0.484 e. The minimum atomic E-state index is -0.409. The first-order valence-electron chi connectivity index (χ1n) is 10.0. The number of amides is 1. The molecule has 1 saturated heterocycles. The van der Waals surface area contributed by atoms with Gasteiger partial charge in [-0.25, -0.2) is 4.79 Å². The molecule has 0 atom stereocenters. The van der Waals surface area contributed by atoms with Crippen LogP contribution in [-0.2, 0) is 16.1 Å². The van der Waals surface area contributed by atoms with Gasteiger partial charge in [0.05, 0.1) is 18.7 Å². The SMILES string of the molecule is CCCn1c(=O)[nH]c2cc(-c3ccc(OCC(=O)N4CCOCC4)cc3)[nH]c2c1=O. The van der Waals surface area contributed by atoms with Gasteiger partial charge in [-0.2, -0.15) is 0 Å². The van der Waals surface area contributed by atoms with E-state index in [4.69, 9.17) is 9.47 Å². The lowest BCUT2D eigenvalue weighted by atomic mass is 10.1. The number of hydrogen-bond donors (Lipinski definition) is 2. The molecule has 1 amide bonds. The van der Waals surface area contributed by atoms with E-state index in [-0.39, 0.29) is 18.1 Å². The molecule has 1 fully saturated rings. The highest BCUT2D eigenvalue weighted by atomic mass is 16.5. The zero-order valence-corrected chi connectivity index (χ0v) is 16.8. The smallest absolute Gasteiger partial charge is 0.328 e. The van der Waals surface area contributed by atoms with Crippen molar-refractivity contribution in [1.29, 1.82) is 0 Å². The lowest BCUT2D eigenvalue weighted by Gasteiger charge is -2.26. The van der Waals surface area contributed by atoms with Crippen molar-refractivity contribution in [2.45, 2.75) is 19.9 Å². The first-order chi connectivity index (χ1) is 14.6. The molecule has 1 aliphatic rings. The van der Waals surface area contributed by atoms with Crippen LogP contribution in [0.5, 0.6) is 5.75 Å². The predicted octanol–water partition coefficient (Wildman–Crippen LogP) is 1.33. The number of morpholine rings is 1. The summed E-state index contributed by atoms with van der Waals surface area (Å²) in [4.78, 5) is 44.4. The first-order valence-corrected chi connectivity index (χ1v) is 10.0. The highest BCUT2D eigenvalue weighted by Crippen LogP contribution is 2.23. The molecule has 1 aliphatic heterocycles. The van der Waals surface area contributed by atoms with Crippen molar-refractivity contribution >= 4 is 16.9 Å². The van der Waals surface area contributed by atoms with Crippen LogP contribution in [0.3, 0.4) is 0 Å². The molecule has 9 heteroatoms. The molecule has 158 valence electrons. The summed E-state index contributed by atoms with van der Waals surface area (Å²) in [6.45, 7) is 4.54. The average Bonchev–Trinajstić information content (AvgIpc) is 3.20. The van der Waals surface area contributed by atoms with Crippen LogP contribution < -0.4 is 16.0 Å². The van der Waals surface area contributed by atoms with Crippen LogP contribution in [-0.4, -0.2) is 58.3 Å². The molecule has 30 heavy (non-hydrogen) atoms. The third-order valence-corrected chi connectivity index (χ3v) is 5.10. The van der Waals surface area contributed by atoms with Crippen LogP contribution in [0.2, 0.25) is 0 Å². The highest BCUT2D eigenvalue weighted by Gasteiger charge is 2.17. The third kappa shape index (κ3) is 4.02. The minimum Gasteiger partial charge on any atom is -0.484 e. The van der Waals surface area contributed by atoms with Gasteiger partial charge in [-0.1, -0.05) is 6.92 Å². The summed E-state index contributed by atoms with van der Waals surface area (Å²) in [7, 11) is 0. The lowest BCUT2D eigenvalue weighted by Crippen LogP contribution is -2.42. The van der Waals surface area contributed by atoms with Gasteiger partial charge in [-0.15, -0.1) is 0 Å². The summed E-state index contributed by atoms with van der Waals surface area (Å²) in [5.41, 5.74) is 1.65. The second kappa shape index (κ2) is 8.58. The van der Waals surface area contributed by atoms with E-state index >= 15 is 0 Å². The van der Waals surface area contributed by atoms with E-state index in [1.165, 1.54) is 4.57 Å². The Morgan fingerprint density at radius 2 is 1.87 bits per heavy atom. The molecule has 3 heterocycles. The summed E-state index contributed by atoms with van der Waals surface area (Å²) in [5, 5.41) is 0. The van der Waals surface area contributed by atoms with Crippen LogP contribution in [0.25, 0.3) is 22.3 Å². The zero-order chi connectivity index (χ0) is 21.1.